The lowest BCUT2D eigenvalue weighted by molar-refractivity contribution is 0.106. The fraction of sp³-hybridized carbons (Fsp3) is 0.435. The van der Waals surface area contributed by atoms with Crippen LogP contribution in [0.25, 0.3) is 11.0 Å². The molecule has 1 aliphatic rings. The van der Waals surface area contributed by atoms with Gasteiger partial charge in [0.05, 0.1) is 17.4 Å². The van der Waals surface area contributed by atoms with E-state index in [-0.39, 0.29) is 0 Å². The molecule has 0 saturated heterocycles. The molecule has 0 bridgehead atoms. The summed E-state index contributed by atoms with van der Waals surface area (Å²) in [5.74, 6) is 0.867. The average molecular weight is 380 g/mol. The zero-order chi connectivity index (χ0) is 19.2. The maximum atomic E-state index is 10.2. The molecule has 1 aliphatic carbocycles. The van der Waals surface area contributed by atoms with Gasteiger partial charge < -0.3 is 19.7 Å². The van der Waals surface area contributed by atoms with E-state index in [1.807, 2.05) is 30.6 Å². The summed E-state index contributed by atoms with van der Waals surface area (Å²) in [5, 5.41) is 13.5. The summed E-state index contributed by atoms with van der Waals surface area (Å²) in [6.45, 7) is 2.62. The van der Waals surface area contributed by atoms with Crippen LogP contribution in [0.15, 0.2) is 48.8 Å². The molecule has 0 amide bonds. The number of hydrogen-bond acceptors (Lipinski definition) is 4. The number of nitrogens with zero attached hydrogens (tertiary/aromatic N) is 2. The lowest BCUT2D eigenvalue weighted by atomic mass is 9.92. The highest BCUT2D eigenvalue weighted by Crippen LogP contribution is 2.25. The maximum absolute atomic E-state index is 10.2. The second-order valence-electron chi connectivity index (χ2n) is 7.59. The van der Waals surface area contributed by atoms with E-state index in [9.17, 15) is 5.11 Å². The Kier molecular flexibility index (Phi) is 6.24. The smallest absolute Gasteiger partial charge is 0.119 e. The van der Waals surface area contributed by atoms with Crippen molar-refractivity contribution < 1.29 is 9.84 Å². The number of imidazole rings is 1. The quantitative estimate of drug-likeness (QED) is 0.560. The highest BCUT2D eigenvalue weighted by molar-refractivity contribution is 5.74. The van der Waals surface area contributed by atoms with Gasteiger partial charge in [0.15, 0.2) is 0 Å². The Morgan fingerprint density at radius 2 is 1.96 bits per heavy atom. The van der Waals surface area contributed by atoms with Crippen molar-refractivity contribution in [3.63, 3.8) is 0 Å². The first-order valence-electron chi connectivity index (χ1n) is 10.3. The number of aliphatic hydroxyl groups excluding tert-OH is 1. The van der Waals surface area contributed by atoms with Gasteiger partial charge in [-0.15, -0.1) is 0 Å². The molecule has 0 aliphatic heterocycles. The largest absolute Gasteiger partial charge is 0.491 e. The van der Waals surface area contributed by atoms with Crippen LogP contribution in [-0.4, -0.2) is 40.5 Å². The van der Waals surface area contributed by atoms with Crippen molar-refractivity contribution in [3.05, 3.63) is 59.9 Å². The zero-order valence-corrected chi connectivity index (χ0v) is 16.3. The molecule has 0 radical (unpaired) electrons. The molecule has 5 nitrogen and oxygen atoms in total. The minimum Gasteiger partial charge on any atom is -0.491 e. The van der Waals surface area contributed by atoms with Crippen LogP contribution in [-0.2, 0) is 19.4 Å². The van der Waals surface area contributed by atoms with E-state index in [0.717, 1.165) is 37.2 Å². The summed E-state index contributed by atoms with van der Waals surface area (Å²) in [6.07, 6.45) is 7.24. The highest BCUT2D eigenvalue weighted by atomic mass is 16.5. The summed E-state index contributed by atoms with van der Waals surface area (Å²) < 4.78 is 7.97. The summed E-state index contributed by atoms with van der Waals surface area (Å²) >= 11 is 0. The number of para-hydroxylation sites is 2. The third-order valence-electron chi connectivity index (χ3n) is 5.42. The lowest BCUT2D eigenvalue weighted by Gasteiger charge is -2.18. The molecule has 28 heavy (non-hydrogen) atoms. The average Bonchev–Trinajstić information content (AvgIpc) is 3.15. The fourth-order valence-electron chi connectivity index (χ4n) is 3.88. The number of nitrogens with one attached hydrogen (secondary N) is 1. The van der Waals surface area contributed by atoms with E-state index in [1.165, 1.54) is 35.9 Å². The number of aliphatic hydroxyl groups is 1. The van der Waals surface area contributed by atoms with Crippen molar-refractivity contribution in [1.82, 2.24) is 14.9 Å². The lowest BCUT2D eigenvalue weighted by Crippen LogP contribution is -2.32. The van der Waals surface area contributed by atoms with E-state index in [2.05, 4.69) is 33.1 Å². The van der Waals surface area contributed by atoms with Crippen molar-refractivity contribution in [3.8, 4) is 5.75 Å². The Hall–Kier alpha value is -2.37. The molecule has 1 heterocycles. The van der Waals surface area contributed by atoms with E-state index in [1.54, 1.807) is 0 Å². The Labute approximate surface area is 166 Å². The Morgan fingerprint density at radius 3 is 2.89 bits per heavy atom. The van der Waals surface area contributed by atoms with Gasteiger partial charge in [0.25, 0.3) is 0 Å². The Balaban J connectivity index is 1.14. The third kappa shape index (κ3) is 4.72. The topological polar surface area (TPSA) is 59.3 Å². The summed E-state index contributed by atoms with van der Waals surface area (Å²) in [4.78, 5) is 4.41. The molecule has 0 spiro atoms. The molecule has 0 saturated carbocycles. The molecule has 2 aromatic carbocycles. The van der Waals surface area contributed by atoms with Crippen LogP contribution in [0.5, 0.6) is 5.75 Å². The number of fused-ring (bicyclic) bond motifs is 2. The molecule has 1 unspecified atom stereocenters. The molecular weight excluding hydrogens is 350 g/mol. The Bertz CT molecular complexity index is 906. The molecule has 1 atom stereocenters. The minimum absolute atomic E-state index is 0.317. The van der Waals surface area contributed by atoms with Crippen LogP contribution in [0.1, 0.15) is 30.4 Å². The van der Waals surface area contributed by atoms with E-state index >= 15 is 0 Å². The number of aryl methyl sites for hydroxylation is 3. The van der Waals surface area contributed by atoms with Crippen LogP contribution in [0, 0.1) is 0 Å². The molecule has 0 fully saturated rings. The van der Waals surface area contributed by atoms with Crippen molar-refractivity contribution in [2.24, 2.45) is 0 Å². The van der Waals surface area contributed by atoms with Gasteiger partial charge in [0, 0.05) is 13.1 Å². The minimum atomic E-state index is -0.509. The first kappa shape index (κ1) is 19.0. The second-order valence-corrected chi connectivity index (χ2v) is 7.59. The predicted octanol–water partition coefficient (Wildman–Crippen LogP) is 3.33. The fourth-order valence-corrected chi connectivity index (χ4v) is 3.88. The Morgan fingerprint density at radius 1 is 1.11 bits per heavy atom. The van der Waals surface area contributed by atoms with Crippen LogP contribution in [0.4, 0.5) is 0 Å². The van der Waals surface area contributed by atoms with Crippen LogP contribution < -0.4 is 10.1 Å². The third-order valence-corrected chi connectivity index (χ3v) is 5.42. The number of hydrogen-bond donors (Lipinski definition) is 2. The van der Waals surface area contributed by atoms with Crippen LogP contribution in [0.2, 0.25) is 0 Å². The standard InChI is InChI=1S/C23H29N3O2/c27-20(16-28-21-11-10-18-6-1-2-7-19(18)14-21)15-24-12-5-13-26-17-25-22-8-3-4-9-23(22)26/h3-4,8-11,14,17,20,24,27H,1-2,5-7,12-13,15-16H2. The van der Waals surface area contributed by atoms with Gasteiger partial charge >= 0.3 is 0 Å². The van der Waals surface area contributed by atoms with Crippen LogP contribution in [0.3, 0.4) is 0 Å². The highest BCUT2D eigenvalue weighted by Gasteiger charge is 2.11. The van der Waals surface area contributed by atoms with Gasteiger partial charge in [-0.2, -0.15) is 0 Å². The van der Waals surface area contributed by atoms with E-state index in [0.29, 0.717) is 13.2 Å². The zero-order valence-electron chi connectivity index (χ0n) is 16.3. The molecule has 2 N–H and O–H groups in total. The van der Waals surface area contributed by atoms with E-state index in [4.69, 9.17) is 4.74 Å². The second kappa shape index (κ2) is 9.22. The number of ether oxygens (including phenoxy) is 1. The summed E-state index contributed by atoms with van der Waals surface area (Å²) in [7, 11) is 0. The first-order valence-corrected chi connectivity index (χ1v) is 10.3. The molecule has 1 aromatic heterocycles. The SMILES string of the molecule is OC(CNCCCn1cnc2ccccc21)COc1ccc2c(c1)CCCC2. The molecule has 148 valence electrons. The van der Waals surface area contributed by atoms with Crippen molar-refractivity contribution in [2.75, 3.05) is 19.7 Å². The van der Waals surface area contributed by atoms with Crippen molar-refractivity contribution in [2.45, 2.75) is 44.8 Å². The maximum Gasteiger partial charge on any atom is 0.119 e. The number of benzene rings is 2. The predicted molar refractivity (Wildman–Crippen MR) is 112 cm³/mol. The molecule has 4 rings (SSSR count). The van der Waals surface area contributed by atoms with E-state index < -0.39 is 6.10 Å². The summed E-state index contributed by atoms with van der Waals surface area (Å²) in [5.41, 5.74) is 5.06. The van der Waals surface area contributed by atoms with Gasteiger partial charge in [0.1, 0.15) is 18.5 Å². The number of rotatable bonds is 9. The van der Waals surface area contributed by atoms with Crippen molar-refractivity contribution in [1.29, 1.82) is 0 Å². The van der Waals surface area contributed by atoms with Crippen LogP contribution >= 0.6 is 0 Å². The van der Waals surface area contributed by atoms with Gasteiger partial charge in [0.2, 0.25) is 0 Å². The number of aromatic nitrogens is 2. The van der Waals surface area contributed by atoms with Gasteiger partial charge in [-0.1, -0.05) is 18.2 Å². The van der Waals surface area contributed by atoms with Gasteiger partial charge in [-0.05, 0) is 74.0 Å². The monoisotopic (exact) mass is 379 g/mol. The van der Waals surface area contributed by atoms with Crippen molar-refractivity contribution >= 4 is 11.0 Å². The first-order chi connectivity index (χ1) is 13.8. The normalized spacial score (nSPS) is 14.8. The summed E-state index contributed by atoms with van der Waals surface area (Å²) in [6, 6.07) is 14.5. The van der Waals surface area contributed by atoms with Gasteiger partial charge in [-0.3, -0.25) is 0 Å². The molecular formula is C23H29N3O2. The van der Waals surface area contributed by atoms with Gasteiger partial charge in [-0.25, -0.2) is 4.98 Å². The molecule has 3 aromatic rings. The molecule has 5 heteroatoms.